The van der Waals surface area contributed by atoms with Gasteiger partial charge in [0.25, 0.3) is 0 Å². The molecule has 0 aliphatic heterocycles. The van der Waals surface area contributed by atoms with Gasteiger partial charge in [-0.05, 0) is 49.9 Å². The third kappa shape index (κ3) is 2.45. The number of hydrogen-bond donors (Lipinski definition) is 1. The summed E-state index contributed by atoms with van der Waals surface area (Å²) in [5.41, 5.74) is 4.63. The van der Waals surface area contributed by atoms with Crippen molar-refractivity contribution < 1.29 is 0 Å². The standard InChI is InChI=1S/C15H17N5S/c1-9-5-12-13(6-10(9)2)20(8-17-12)15-19-18-14(21-15)7-16-11-3-4-11/h5-6,8,11,16H,3-4,7H2,1-2H3. The molecule has 0 spiro atoms. The van der Waals surface area contributed by atoms with Gasteiger partial charge in [-0.2, -0.15) is 0 Å². The highest BCUT2D eigenvalue weighted by atomic mass is 32.1. The molecule has 2 aromatic heterocycles. The van der Waals surface area contributed by atoms with Crippen molar-refractivity contribution in [2.75, 3.05) is 0 Å². The van der Waals surface area contributed by atoms with Gasteiger partial charge in [0.2, 0.25) is 5.13 Å². The Morgan fingerprint density at radius 1 is 1.24 bits per heavy atom. The Balaban J connectivity index is 1.67. The first-order chi connectivity index (χ1) is 10.2. The van der Waals surface area contributed by atoms with E-state index < -0.39 is 0 Å². The van der Waals surface area contributed by atoms with Crippen molar-refractivity contribution in [2.45, 2.75) is 39.3 Å². The number of nitrogens with zero attached hydrogens (tertiary/aromatic N) is 4. The summed E-state index contributed by atoms with van der Waals surface area (Å²) in [5, 5.41) is 14.0. The van der Waals surface area contributed by atoms with Gasteiger partial charge in [-0.15, -0.1) is 10.2 Å². The van der Waals surface area contributed by atoms with Crippen LogP contribution in [0.4, 0.5) is 0 Å². The van der Waals surface area contributed by atoms with Gasteiger partial charge in [-0.25, -0.2) is 4.98 Å². The van der Waals surface area contributed by atoms with Crippen molar-refractivity contribution in [1.82, 2.24) is 25.1 Å². The number of rotatable bonds is 4. The molecule has 1 N–H and O–H groups in total. The predicted octanol–water partition coefficient (Wildman–Crippen LogP) is 2.75. The lowest BCUT2D eigenvalue weighted by Gasteiger charge is -2.02. The fourth-order valence-electron chi connectivity index (χ4n) is 2.35. The summed E-state index contributed by atoms with van der Waals surface area (Å²) in [4.78, 5) is 4.48. The molecular formula is C15H17N5S. The Bertz CT molecular complexity index is 800. The van der Waals surface area contributed by atoms with E-state index in [0.717, 1.165) is 27.7 Å². The zero-order valence-corrected chi connectivity index (χ0v) is 12.9. The minimum absolute atomic E-state index is 0.692. The molecule has 6 heteroatoms. The van der Waals surface area contributed by atoms with E-state index in [1.54, 1.807) is 11.3 Å². The van der Waals surface area contributed by atoms with E-state index in [-0.39, 0.29) is 0 Å². The SMILES string of the molecule is Cc1cc2ncn(-c3nnc(CNC4CC4)s3)c2cc1C. The van der Waals surface area contributed by atoms with Crippen molar-refractivity contribution >= 4 is 22.4 Å². The lowest BCUT2D eigenvalue weighted by atomic mass is 10.1. The maximum absolute atomic E-state index is 4.48. The average Bonchev–Trinajstić information content (AvgIpc) is 3.04. The number of nitrogens with one attached hydrogen (secondary N) is 1. The van der Waals surface area contributed by atoms with E-state index in [9.17, 15) is 0 Å². The molecule has 0 saturated heterocycles. The molecule has 0 amide bonds. The van der Waals surface area contributed by atoms with Crippen molar-refractivity contribution in [3.63, 3.8) is 0 Å². The molecule has 108 valence electrons. The fraction of sp³-hybridized carbons (Fsp3) is 0.400. The van der Waals surface area contributed by atoms with Gasteiger partial charge in [0.05, 0.1) is 17.6 Å². The van der Waals surface area contributed by atoms with E-state index in [0.29, 0.717) is 6.04 Å². The van der Waals surface area contributed by atoms with Crippen LogP contribution < -0.4 is 5.32 Å². The van der Waals surface area contributed by atoms with Crippen LogP contribution in [-0.4, -0.2) is 25.8 Å². The minimum atomic E-state index is 0.692. The Labute approximate surface area is 127 Å². The normalized spacial score (nSPS) is 15.0. The highest BCUT2D eigenvalue weighted by molar-refractivity contribution is 7.13. The molecule has 0 unspecified atom stereocenters. The second kappa shape index (κ2) is 4.89. The van der Waals surface area contributed by atoms with Crippen molar-refractivity contribution in [3.05, 3.63) is 34.6 Å². The van der Waals surface area contributed by atoms with Crippen LogP contribution in [0.15, 0.2) is 18.5 Å². The van der Waals surface area contributed by atoms with Crippen LogP contribution in [0.2, 0.25) is 0 Å². The van der Waals surface area contributed by atoms with Crippen molar-refractivity contribution in [3.8, 4) is 5.13 Å². The highest BCUT2D eigenvalue weighted by Gasteiger charge is 2.21. The topological polar surface area (TPSA) is 55.6 Å². The average molecular weight is 299 g/mol. The molecule has 0 bridgehead atoms. The largest absolute Gasteiger partial charge is 0.308 e. The van der Waals surface area contributed by atoms with Crippen LogP contribution >= 0.6 is 11.3 Å². The van der Waals surface area contributed by atoms with Crippen molar-refractivity contribution in [2.24, 2.45) is 0 Å². The van der Waals surface area contributed by atoms with Crippen LogP contribution in [-0.2, 0) is 6.54 Å². The molecule has 3 aromatic rings. The number of imidazole rings is 1. The zero-order valence-electron chi connectivity index (χ0n) is 12.1. The fourth-order valence-corrected chi connectivity index (χ4v) is 3.12. The molecule has 0 radical (unpaired) electrons. The molecule has 1 aromatic carbocycles. The maximum atomic E-state index is 4.48. The maximum Gasteiger partial charge on any atom is 0.218 e. The number of hydrogen-bond acceptors (Lipinski definition) is 5. The first kappa shape index (κ1) is 12.9. The monoisotopic (exact) mass is 299 g/mol. The molecular weight excluding hydrogens is 282 g/mol. The van der Waals surface area contributed by atoms with Gasteiger partial charge in [0.1, 0.15) is 11.3 Å². The van der Waals surface area contributed by atoms with Gasteiger partial charge in [-0.1, -0.05) is 11.3 Å². The second-order valence-corrected chi connectivity index (χ2v) is 6.71. The lowest BCUT2D eigenvalue weighted by molar-refractivity contribution is 0.678. The number of aromatic nitrogens is 4. The van der Waals surface area contributed by atoms with Crippen LogP contribution in [0.25, 0.3) is 16.2 Å². The predicted molar refractivity (Wildman–Crippen MR) is 83.9 cm³/mol. The Hall–Kier alpha value is -1.79. The van der Waals surface area contributed by atoms with E-state index in [1.165, 1.54) is 24.0 Å². The Morgan fingerprint density at radius 3 is 2.86 bits per heavy atom. The summed E-state index contributed by atoms with van der Waals surface area (Å²) >= 11 is 1.62. The van der Waals surface area contributed by atoms with Crippen LogP contribution in [0.3, 0.4) is 0 Å². The third-order valence-corrected chi connectivity index (χ3v) is 4.87. The summed E-state index contributed by atoms with van der Waals surface area (Å²) in [6, 6.07) is 4.98. The van der Waals surface area contributed by atoms with E-state index >= 15 is 0 Å². The molecule has 1 fully saturated rings. The highest BCUT2D eigenvalue weighted by Crippen LogP contribution is 2.24. The van der Waals surface area contributed by atoms with Crippen molar-refractivity contribution in [1.29, 1.82) is 0 Å². The molecule has 0 atom stereocenters. The smallest absolute Gasteiger partial charge is 0.218 e. The van der Waals surface area contributed by atoms with Crippen LogP contribution in [0.5, 0.6) is 0 Å². The zero-order chi connectivity index (χ0) is 14.4. The van der Waals surface area contributed by atoms with Gasteiger partial charge < -0.3 is 5.32 Å². The number of aryl methyl sites for hydroxylation is 2. The second-order valence-electron chi connectivity index (χ2n) is 5.67. The summed E-state index contributed by atoms with van der Waals surface area (Å²) in [7, 11) is 0. The molecule has 1 aliphatic rings. The first-order valence-corrected chi connectivity index (χ1v) is 8.03. The summed E-state index contributed by atoms with van der Waals surface area (Å²) in [6.07, 6.45) is 4.41. The molecule has 4 rings (SSSR count). The molecule has 1 saturated carbocycles. The van der Waals surface area contributed by atoms with Crippen LogP contribution in [0, 0.1) is 13.8 Å². The molecule has 5 nitrogen and oxygen atoms in total. The number of fused-ring (bicyclic) bond motifs is 1. The summed E-state index contributed by atoms with van der Waals surface area (Å²) in [6.45, 7) is 5.05. The number of benzene rings is 1. The molecule has 21 heavy (non-hydrogen) atoms. The Morgan fingerprint density at radius 2 is 2.05 bits per heavy atom. The summed E-state index contributed by atoms with van der Waals surface area (Å²) < 4.78 is 2.03. The quantitative estimate of drug-likeness (QED) is 0.805. The summed E-state index contributed by atoms with van der Waals surface area (Å²) in [5.74, 6) is 0. The van der Waals surface area contributed by atoms with E-state index in [2.05, 4.69) is 46.5 Å². The lowest BCUT2D eigenvalue weighted by Crippen LogP contribution is -2.14. The first-order valence-electron chi connectivity index (χ1n) is 7.21. The van der Waals surface area contributed by atoms with Gasteiger partial charge in [0.15, 0.2) is 0 Å². The molecule has 1 aliphatic carbocycles. The minimum Gasteiger partial charge on any atom is -0.308 e. The van der Waals surface area contributed by atoms with Gasteiger partial charge in [-0.3, -0.25) is 4.57 Å². The third-order valence-electron chi connectivity index (χ3n) is 3.94. The Kier molecular flexibility index (Phi) is 3.01. The van der Waals surface area contributed by atoms with Gasteiger partial charge in [0, 0.05) is 6.04 Å². The van der Waals surface area contributed by atoms with E-state index in [4.69, 9.17) is 0 Å². The van der Waals surface area contributed by atoms with Gasteiger partial charge >= 0.3 is 0 Å². The van der Waals surface area contributed by atoms with E-state index in [1.807, 2.05) is 10.9 Å². The van der Waals surface area contributed by atoms with Crippen LogP contribution in [0.1, 0.15) is 29.0 Å². The molecule has 2 heterocycles.